The fourth-order valence-corrected chi connectivity index (χ4v) is 2.89. The maximum absolute atomic E-state index is 11.8. The van der Waals surface area contributed by atoms with E-state index in [2.05, 4.69) is 0 Å². The van der Waals surface area contributed by atoms with E-state index < -0.39 is 9.84 Å². The first kappa shape index (κ1) is 12.2. The van der Waals surface area contributed by atoms with E-state index in [1.54, 1.807) is 13.0 Å². The molecule has 0 unspecified atom stereocenters. The molecule has 0 atom stereocenters. The molecule has 4 nitrogen and oxygen atoms in total. The van der Waals surface area contributed by atoms with E-state index in [1.807, 2.05) is 6.07 Å². The number of hydrogen-bond acceptors (Lipinski definition) is 4. The molecular weight excluding hydrogens is 224 g/mol. The van der Waals surface area contributed by atoms with Crippen molar-refractivity contribution in [3.05, 3.63) is 29.3 Å². The number of nitrogens with zero attached hydrogens (tertiary/aromatic N) is 2. The van der Waals surface area contributed by atoms with Gasteiger partial charge < -0.3 is 0 Å². The molecule has 16 heavy (non-hydrogen) atoms. The van der Waals surface area contributed by atoms with Crippen molar-refractivity contribution in [2.75, 3.05) is 5.75 Å². The van der Waals surface area contributed by atoms with Gasteiger partial charge in [-0.15, -0.1) is 0 Å². The van der Waals surface area contributed by atoms with Crippen LogP contribution >= 0.6 is 0 Å². The second kappa shape index (κ2) is 4.78. The molecule has 0 heterocycles. The van der Waals surface area contributed by atoms with Crippen molar-refractivity contribution in [2.45, 2.75) is 18.2 Å². The Hall–Kier alpha value is -1.85. The maximum atomic E-state index is 11.8. The van der Waals surface area contributed by atoms with E-state index in [4.69, 9.17) is 10.5 Å². The summed E-state index contributed by atoms with van der Waals surface area (Å²) in [4.78, 5) is -0.0455. The van der Waals surface area contributed by atoms with Gasteiger partial charge in [0.2, 0.25) is 0 Å². The second-order valence-corrected chi connectivity index (χ2v) is 5.30. The van der Waals surface area contributed by atoms with Crippen LogP contribution in [0.2, 0.25) is 0 Å². The minimum absolute atomic E-state index is 0.0173. The molecule has 0 fully saturated rings. The van der Waals surface area contributed by atoms with Gasteiger partial charge in [-0.25, -0.2) is 8.42 Å². The van der Waals surface area contributed by atoms with Crippen LogP contribution in [-0.4, -0.2) is 14.2 Å². The zero-order valence-electron chi connectivity index (χ0n) is 8.77. The normalized spacial score (nSPS) is 10.4. The molecule has 0 aliphatic heterocycles. The third-order valence-corrected chi connectivity index (χ3v) is 4.02. The van der Waals surface area contributed by atoms with E-state index in [0.717, 1.165) is 0 Å². The van der Waals surface area contributed by atoms with E-state index in [9.17, 15) is 8.42 Å². The highest BCUT2D eigenvalue weighted by Crippen LogP contribution is 2.20. The minimum Gasteiger partial charge on any atom is -0.224 e. The SMILES string of the molecule is CCCS(=O)(=O)c1cccc(C#N)c1C#N. The van der Waals surface area contributed by atoms with Crippen molar-refractivity contribution in [3.8, 4) is 12.1 Å². The molecule has 0 aromatic heterocycles. The number of sulfone groups is 1. The van der Waals surface area contributed by atoms with Gasteiger partial charge in [-0.1, -0.05) is 13.0 Å². The molecule has 0 aliphatic rings. The maximum Gasteiger partial charge on any atom is 0.179 e. The molecule has 82 valence electrons. The molecule has 0 spiro atoms. The van der Waals surface area contributed by atoms with Crippen LogP contribution in [0.5, 0.6) is 0 Å². The van der Waals surface area contributed by atoms with Crippen LogP contribution in [0.1, 0.15) is 24.5 Å². The van der Waals surface area contributed by atoms with Crippen molar-refractivity contribution in [1.29, 1.82) is 10.5 Å². The Balaban J connectivity index is 3.49. The Bertz CT molecular complexity index is 577. The highest BCUT2D eigenvalue weighted by atomic mass is 32.2. The molecular formula is C11H10N2O2S. The Morgan fingerprint density at radius 1 is 1.25 bits per heavy atom. The number of rotatable bonds is 3. The van der Waals surface area contributed by atoms with Crippen molar-refractivity contribution in [1.82, 2.24) is 0 Å². The molecule has 1 rings (SSSR count). The zero-order chi connectivity index (χ0) is 12.2. The highest BCUT2D eigenvalue weighted by Gasteiger charge is 2.19. The van der Waals surface area contributed by atoms with Gasteiger partial charge in [0.15, 0.2) is 9.84 Å². The van der Waals surface area contributed by atoms with Gasteiger partial charge in [-0.2, -0.15) is 10.5 Å². The minimum atomic E-state index is -3.46. The van der Waals surface area contributed by atoms with Crippen LogP contribution in [0.15, 0.2) is 23.1 Å². The van der Waals surface area contributed by atoms with Crippen LogP contribution in [0.25, 0.3) is 0 Å². The summed E-state index contributed by atoms with van der Waals surface area (Å²) in [7, 11) is -3.46. The van der Waals surface area contributed by atoms with Crippen LogP contribution < -0.4 is 0 Å². The molecule has 1 aromatic rings. The summed E-state index contributed by atoms with van der Waals surface area (Å²) < 4.78 is 23.6. The fourth-order valence-electron chi connectivity index (χ4n) is 1.38. The first-order valence-corrected chi connectivity index (χ1v) is 6.38. The van der Waals surface area contributed by atoms with E-state index in [0.29, 0.717) is 6.42 Å². The summed E-state index contributed by atoms with van der Waals surface area (Å²) in [6, 6.07) is 7.87. The van der Waals surface area contributed by atoms with Gasteiger partial charge >= 0.3 is 0 Å². The monoisotopic (exact) mass is 234 g/mol. The summed E-state index contributed by atoms with van der Waals surface area (Å²) in [6.45, 7) is 1.75. The highest BCUT2D eigenvalue weighted by molar-refractivity contribution is 7.91. The number of hydrogen-bond donors (Lipinski definition) is 0. The molecule has 0 N–H and O–H groups in total. The van der Waals surface area contributed by atoms with Crippen molar-refractivity contribution < 1.29 is 8.42 Å². The lowest BCUT2D eigenvalue weighted by Gasteiger charge is -2.05. The Morgan fingerprint density at radius 2 is 1.94 bits per heavy atom. The summed E-state index contributed by atoms with van der Waals surface area (Å²) >= 11 is 0. The first-order chi connectivity index (χ1) is 7.56. The topological polar surface area (TPSA) is 81.7 Å². The smallest absolute Gasteiger partial charge is 0.179 e. The van der Waals surface area contributed by atoms with Crippen LogP contribution in [-0.2, 0) is 9.84 Å². The Kier molecular flexibility index (Phi) is 3.65. The largest absolute Gasteiger partial charge is 0.224 e. The summed E-state index contributed by atoms with van der Waals surface area (Å²) in [5, 5.41) is 17.7. The molecule has 5 heteroatoms. The molecule has 0 aliphatic carbocycles. The predicted octanol–water partition coefficient (Wildman–Crippen LogP) is 1.61. The quantitative estimate of drug-likeness (QED) is 0.795. The second-order valence-electron chi connectivity index (χ2n) is 3.22. The first-order valence-electron chi connectivity index (χ1n) is 4.72. The van der Waals surface area contributed by atoms with Gasteiger partial charge in [0.1, 0.15) is 12.1 Å². The molecule has 0 amide bonds. The fraction of sp³-hybridized carbons (Fsp3) is 0.273. The van der Waals surface area contributed by atoms with Gasteiger partial charge in [0, 0.05) is 0 Å². The average Bonchev–Trinajstić information content (AvgIpc) is 2.27. The third kappa shape index (κ3) is 2.21. The summed E-state index contributed by atoms with van der Waals surface area (Å²) in [5.41, 5.74) is 0.0399. The summed E-state index contributed by atoms with van der Waals surface area (Å²) in [6.07, 6.45) is 0.476. The molecule has 1 aromatic carbocycles. The van der Waals surface area contributed by atoms with Crippen LogP contribution in [0, 0.1) is 22.7 Å². The summed E-state index contributed by atoms with van der Waals surface area (Å²) in [5.74, 6) is -0.0173. The molecule has 0 saturated heterocycles. The van der Waals surface area contributed by atoms with E-state index in [1.165, 1.54) is 18.2 Å². The van der Waals surface area contributed by atoms with Crippen molar-refractivity contribution >= 4 is 9.84 Å². The lowest BCUT2D eigenvalue weighted by molar-refractivity contribution is 0.594. The van der Waals surface area contributed by atoms with E-state index in [-0.39, 0.29) is 21.8 Å². The van der Waals surface area contributed by atoms with E-state index >= 15 is 0 Å². The van der Waals surface area contributed by atoms with Crippen LogP contribution in [0.4, 0.5) is 0 Å². The van der Waals surface area contributed by atoms with Gasteiger partial charge in [-0.05, 0) is 18.6 Å². The van der Waals surface area contributed by atoms with Crippen molar-refractivity contribution in [3.63, 3.8) is 0 Å². The standard InChI is InChI=1S/C11H10N2O2S/c1-2-6-16(14,15)11-5-3-4-9(7-12)10(11)8-13/h3-5H,2,6H2,1H3. The van der Waals surface area contributed by atoms with Gasteiger partial charge in [-0.3, -0.25) is 0 Å². The Labute approximate surface area is 94.7 Å². The molecule has 0 radical (unpaired) electrons. The van der Waals surface area contributed by atoms with Crippen LogP contribution in [0.3, 0.4) is 0 Å². The Morgan fingerprint density at radius 3 is 2.44 bits per heavy atom. The average molecular weight is 234 g/mol. The number of benzene rings is 1. The molecule has 0 saturated carbocycles. The zero-order valence-corrected chi connectivity index (χ0v) is 9.58. The van der Waals surface area contributed by atoms with Crippen molar-refractivity contribution in [2.24, 2.45) is 0 Å². The van der Waals surface area contributed by atoms with Gasteiger partial charge in [0.05, 0.1) is 21.8 Å². The third-order valence-electron chi connectivity index (χ3n) is 2.07. The molecule has 0 bridgehead atoms. The number of nitriles is 2. The van der Waals surface area contributed by atoms with Gasteiger partial charge in [0.25, 0.3) is 0 Å². The lowest BCUT2D eigenvalue weighted by atomic mass is 10.1. The predicted molar refractivity (Wildman–Crippen MR) is 58.2 cm³/mol. The lowest BCUT2D eigenvalue weighted by Crippen LogP contribution is -2.08.